The number of rotatable bonds is 7. The molecule has 2 heterocycles. The normalized spacial score (nSPS) is 10.8. The highest BCUT2D eigenvalue weighted by atomic mass is 32.2. The van der Waals surface area contributed by atoms with Crippen molar-refractivity contribution in [2.24, 2.45) is 0 Å². The molecular formula is C21H19N5O2S. The minimum Gasteiger partial charge on any atom is -0.496 e. The molecule has 1 N–H and O–H groups in total. The SMILES string of the molecule is COc1ccccc1-c1ccc2nnc(SCC(=O)NCc3ccccc3)n2n1. The van der Waals surface area contributed by atoms with E-state index in [0.717, 1.165) is 22.6 Å². The summed E-state index contributed by atoms with van der Waals surface area (Å²) >= 11 is 1.30. The Labute approximate surface area is 172 Å². The lowest BCUT2D eigenvalue weighted by molar-refractivity contribution is -0.118. The molecule has 4 aromatic rings. The van der Waals surface area contributed by atoms with E-state index < -0.39 is 0 Å². The number of methoxy groups -OCH3 is 1. The number of para-hydroxylation sites is 1. The van der Waals surface area contributed by atoms with Gasteiger partial charge in [0.15, 0.2) is 5.65 Å². The fourth-order valence-corrected chi connectivity index (χ4v) is 3.55. The van der Waals surface area contributed by atoms with E-state index >= 15 is 0 Å². The van der Waals surface area contributed by atoms with Gasteiger partial charge in [0.1, 0.15) is 5.75 Å². The lowest BCUT2D eigenvalue weighted by atomic mass is 10.1. The first-order chi connectivity index (χ1) is 14.2. The van der Waals surface area contributed by atoms with Gasteiger partial charge in [0.05, 0.1) is 18.6 Å². The molecule has 1 amide bonds. The summed E-state index contributed by atoms with van der Waals surface area (Å²) in [6.45, 7) is 0.497. The number of ether oxygens (including phenoxy) is 1. The summed E-state index contributed by atoms with van der Waals surface area (Å²) in [6, 6.07) is 21.2. The first kappa shape index (κ1) is 18.9. The van der Waals surface area contributed by atoms with Crippen molar-refractivity contribution >= 4 is 23.3 Å². The smallest absolute Gasteiger partial charge is 0.230 e. The third-order valence-corrected chi connectivity index (χ3v) is 5.20. The highest BCUT2D eigenvalue weighted by Gasteiger charge is 2.13. The van der Waals surface area contributed by atoms with Gasteiger partial charge in [0.2, 0.25) is 11.1 Å². The Morgan fingerprint density at radius 3 is 2.66 bits per heavy atom. The van der Waals surface area contributed by atoms with Crippen LogP contribution in [0.2, 0.25) is 0 Å². The van der Waals surface area contributed by atoms with E-state index in [1.165, 1.54) is 11.8 Å². The van der Waals surface area contributed by atoms with Gasteiger partial charge in [-0.2, -0.15) is 9.61 Å². The zero-order valence-electron chi connectivity index (χ0n) is 15.8. The van der Waals surface area contributed by atoms with Crippen LogP contribution >= 0.6 is 11.8 Å². The second-order valence-corrected chi connectivity index (χ2v) is 7.16. The maximum atomic E-state index is 12.2. The molecule has 0 fully saturated rings. The standard InChI is InChI=1S/C21H19N5O2S/c1-28-18-10-6-5-9-16(18)17-11-12-19-23-24-21(26(19)25-17)29-14-20(27)22-13-15-7-3-2-4-8-15/h2-12H,13-14H2,1H3,(H,22,27). The quantitative estimate of drug-likeness (QED) is 0.476. The third-order valence-electron chi connectivity index (χ3n) is 4.28. The van der Waals surface area contributed by atoms with E-state index in [4.69, 9.17) is 4.74 Å². The number of hydrogen-bond donors (Lipinski definition) is 1. The van der Waals surface area contributed by atoms with Crippen molar-refractivity contribution in [1.82, 2.24) is 25.1 Å². The van der Waals surface area contributed by atoms with Gasteiger partial charge in [0, 0.05) is 12.1 Å². The summed E-state index contributed by atoms with van der Waals surface area (Å²) in [5.74, 6) is 0.896. The summed E-state index contributed by atoms with van der Waals surface area (Å²) in [6.07, 6.45) is 0. The van der Waals surface area contributed by atoms with E-state index in [1.807, 2.05) is 66.7 Å². The average molecular weight is 405 g/mol. The number of aromatic nitrogens is 4. The van der Waals surface area contributed by atoms with Crippen LogP contribution in [0.3, 0.4) is 0 Å². The zero-order chi connectivity index (χ0) is 20.1. The molecule has 2 aromatic heterocycles. The Bertz CT molecular complexity index is 1130. The molecule has 0 saturated carbocycles. The minimum absolute atomic E-state index is 0.0727. The van der Waals surface area contributed by atoms with Crippen molar-refractivity contribution in [3.63, 3.8) is 0 Å². The van der Waals surface area contributed by atoms with Crippen LogP contribution in [-0.4, -0.2) is 38.6 Å². The molecule has 0 radical (unpaired) electrons. The van der Waals surface area contributed by atoms with Crippen LogP contribution in [0.25, 0.3) is 16.9 Å². The van der Waals surface area contributed by atoms with Gasteiger partial charge in [-0.05, 0) is 29.8 Å². The maximum absolute atomic E-state index is 12.2. The van der Waals surface area contributed by atoms with Crippen molar-refractivity contribution in [2.75, 3.05) is 12.9 Å². The molecular weight excluding hydrogens is 386 g/mol. The summed E-state index contributed by atoms with van der Waals surface area (Å²) in [5, 5.41) is 16.4. The van der Waals surface area contributed by atoms with E-state index in [2.05, 4.69) is 20.6 Å². The monoisotopic (exact) mass is 405 g/mol. The van der Waals surface area contributed by atoms with Crippen LogP contribution in [0.15, 0.2) is 71.9 Å². The van der Waals surface area contributed by atoms with E-state index in [1.54, 1.807) is 11.6 Å². The summed E-state index contributed by atoms with van der Waals surface area (Å²) < 4.78 is 7.08. The number of nitrogens with zero attached hydrogens (tertiary/aromatic N) is 4. The van der Waals surface area contributed by atoms with Gasteiger partial charge < -0.3 is 10.1 Å². The molecule has 0 unspecified atom stereocenters. The van der Waals surface area contributed by atoms with E-state index in [0.29, 0.717) is 17.3 Å². The summed E-state index contributed by atoms with van der Waals surface area (Å²) in [7, 11) is 1.63. The van der Waals surface area contributed by atoms with Crippen molar-refractivity contribution < 1.29 is 9.53 Å². The highest BCUT2D eigenvalue weighted by Crippen LogP contribution is 2.28. The fraction of sp³-hybridized carbons (Fsp3) is 0.143. The Balaban J connectivity index is 1.47. The highest BCUT2D eigenvalue weighted by molar-refractivity contribution is 7.99. The van der Waals surface area contributed by atoms with Crippen LogP contribution in [0.1, 0.15) is 5.56 Å². The largest absolute Gasteiger partial charge is 0.496 e. The van der Waals surface area contributed by atoms with Crippen LogP contribution in [0, 0.1) is 0 Å². The van der Waals surface area contributed by atoms with Crippen LogP contribution < -0.4 is 10.1 Å². The maximum Gasteiger partial charge on any atom is 0.230 e. The van der Waals surface area contributed by atoms with Crippen molar-refractivity contribution in [3.05, 3.63) is 72.3 Å². The molecule has 7 nitrogen and oxygen atoms in total. The lowest BCUT2D eigenvalue weighted by Gasteiger charge is -2.08. The Kier molecular flexibility index (Phi) is 5.71. The number of carbonyl (C=O) groups excluding carboxylic acids is 1. The van der Waals surface area contributed by atoms with Crippen LogP contribution in [0.5, 0.6) is 5.75 Å². The number of thioether (sulfide) groups is 1. The fourth-order valence-electron chi connectivity index (χ4n) is 2.84. The predicted molar refractivity (Wildman–Crippen MR) is 112 cm³/mol. The topological polar surface area (TPSA) is 81.4 Å². The molecule has 0 aliphatic carbocycles. The predicted octanol–water partition coefficient (Wildman–Crippen LogP) is 3.21. The molecule has 0 aliphatic heterocycles. The zero-order valence-corrected chi connectivity index (χ0v) is 16.6. The van der Waals surface area contributed by atoms with Crippen molar-refractivity contribution in [3.8, 4) is 17.0 Å². The molecule has 146 valence electrons. The Morgan fingerprint density at radius 2 is 1.83 bits per heavy atom. The van der Waals surface area contributed by atoms with Gasteiger partial charge in [0.25, 0.3) is 0 Å². The second kappa shape index (κ2) is 8.74. The van der Waals surface area contributed by atoms with E-state index in [-0.39, 0.29) is 11.7 Å². The number of nitrogens with one attached hydrogen (secondary N) is 1. The average Bonchev–Trinajstić information content (AvgIpc) is 3.19. The van der Waals surface area contributed by atoms with Gasteiger partial charge in [-0.1, -0.05) is 54.2 Å². The van der Waals surface area contributed by atoms with Crippen molar-refractivity contribution in [2.45, 2.75) is 11.7 Å². The number of carbonyl (C=O) groups is 1. The second-order valence-electron chi connectivity index (χ2n) is 6.22. The van der Waals surface area contributed by atoms with Crippen LogP contribution in [-0.2, 0) is 11.3 Å². The molecule has 0 spiro atoms. The first-order valence-electron chi connectivity index (χ1n) is 9.04. The van der Waals surface area contributed by atoms with E-state index in [9.17, 15) is 4.79 Å². The van der Waals surface area contributed by atoms with Crippen molar-refractivity contribution in [1.29, 1.82) is 0 Å². The summed E-state index contributed by atoms with van der Waals surface area (Å²) in [4.78, 5) is 12.2. The lowest BCUT2D eigenvalue weighted by Crippen LogP contribution is -2.24. The summed E-state index contributed by atoms with van der Waals surface area (Å²) in [5.41, 5.74) is 3.30. The number of amides is 1. The Hall–Kier alpha value is -3.39. The molecule has 0 saturated heterocycles. The minimum atomic E-state index is -0.0727. The molecule has 0 bridgehead atoms. The number of benzene rings is 2. The van der Waals surface area contributed by atoms with Crippen LogP contribution in [0.4, 0.5) is 0 Å². The molecule has 29 heavy (non-hydrogen) atoms. The first-order valence-corrected chi connectivity index (χ1v) is 10.0. The number of hydrogen-bond acceptors (Lipinski definition) is 6. The molecule has 2 aromatic carbocycles. The Morgan fingerprint density at radius 1 is 1.03 bits per heavy atom. The third kappa shape index (κ3) is 4.38. The van der Waals surface area contributed by atoms with Gasteiger partial charge in [-0.3, -0.25) is 4.79 Å². The number of fused-ring (bicyclic) bond motifs is 1. The van der Waals surface area contributed by atoms with Gasteiger partial charge >= 0.3 is 0 Å². The van der Waals surface area contributed by atoms with Gasteiger partial charge in [-0.15, -0.1) is 10.2 Å². The molecule has 8 heteroatoms. The molecule has 4 rings (SSSR count). The molecule has 0 atom stereocenters. The van der Waals surface area contributed by atoms with Gasteiger partial charge in [-0.25, -0.2) is 0 Å². The molecule has 0 aliphatic rings.